The highest BCUT2D eigenvalue weighted by Crippen LogP contribution is 2.35. The highest BCUT2D eigenvalue weighted by molar-refractivity contribution is 7.07. The first-order valence-electron chi connectivity index (χ1n) is 7.97. The van der Waals surface area contributed by atoms with E-state index in [2.05, 4.69) is 29.1 Å². The second kappa shape index (κ2) is 6.01. The van der Waals surface area contributed by atoms with E-state index >= 15 is 0 Å². The number of nitrogens with zero attached hydrogens (tertiary/aromatic N) is 1. The van der Waals surface area contributed by atoms with Crippen LogP contribution in [0.3, 0.4) is 0 Å². The summed E-state index contributed by atoms with van der Waals surface area (Å²) in [6.07, 6.45) is 3.58. The van der Waals surface area contributed by atoms with Crippen LogP contribution in [0.5, 0.6) is 0 Å². The van der Waals surface area contributed by atoms with E-state index in [1.165, 1.54) is 10.5 Å². The van der Waals surface area contributed by atoms with Gasteiger partial charge in [0.1, 0.15) is 12.1 Å². The number of imide groups is 1. The highest BCUT2D eigenvalue weighted by Gasteiger charge is 2.52. The minimum Gasteiger partial charge on any atom is -0.323 e. The van der Waals surface area contributed by atoms with Crippen LogP contribution in [-0.2, 0) is 11.3 Å². The van der Waals surface area contributed by atoms with E-state index in [1.54, 1.807) is 11.3 Å². The van der Waals surface area contributed by atoms with Crippen molar-refractivity contribution >= 4 is 23.3 Å². The van der Waals surface area contributed by atoms with E-state index < -0.39 is 5.54 Å². The summed E-state index contributed by atoms with van der Waals surface area (Å²) in [7, 11) is 2.02. The number of quaternary nitrogens is 1. The average molecular weight is 322 g/mol. The van der Waals surface area contributed by atoms with Gasteiger partial charge < -0.3 is 10.2 Å². The van der Waals surface area contributed by atoms with Gasteiger partial charge in [-0.15, -0.1) is 0 Å². The van der Waals surface area contributed by atoms with Gasteiger partial charge in [-0.25, -0.2) is 9.69 Å². The first-order valence-corrected chi connectivity index (χ1v) is 8.91. The standard InChI is InChI=1S/C16H23N3O2S/c1-12-3-6-16(7-4-12)14(20)19(15(21)17-16)11-18(2)9-13-5-8-22-10-13/h5,8,10,12H,3-4,6-7,9,11H2,1-2H3,(H,17,21)/p+1. The van der Waals surface area contributed by atoms with Gasteiger partial charge >= 0.3 is 6.03 Å². The van der Waals surface area contributed by atoms with Crippen LogP contribution in [0.1, 0.15) is 38.2 Å². The van der Waals surface area contributed by atoms with Crippen molar-refractivity contribution in [1.29, 1.82) is 0 Å². The fraction of sp³-hybridized carbons (Fsp3) is 0.625. The molecule has 3 amide bonds. The van der Waals surface area contributed by atoms with Gasteiger partial charge in [0.2, 0.25) is 0 Å². The molecule has 1 unspecified atom stereocenters. The van der Waals surface area contributed by atoms with E-state index in [-0.39, 0.29) is 11.9 Å². The van der Waals surface area contributed by atoms with Crippen LogP contribution >= 0.6 is 11.3 Å². The summed E-state index contributed by atoms with van der Waals surface area (Å²) >= 11 is 1.67. The minimum absolute atomic E-state index is 0.0194. The van der Waals surface area contributed by atoms with Crippen LogP contribution in [0.15, 0.2) is 16.8 Å². The largest absolute Gasteiger partial charge is 0.329 e. The molecule has 6 heteroatoms. The van der Waals surface area contributed by atoms with Gasteiger partial charge in [-0.3, -0.25) is 4.79 Å². The van der Waals surface area contributed by atoms with Crippen LogP contribution in [0, 0.1) is 5.92 Å². The van der Waals surface area contributed by atoms with E-state index in [4.69, 9.17) is 0 Å². The lowest BCUT2D eigenvalue weighted by Crippen LogP contribution is -3.09. The summed E-state index contributed by atoms with van der Waals surface area (Å²) in [4.78, 5) is 27.6. The monoisotopic (exact) mass is 322 g/mol. The molecule has 2 aliphatic rings. The van der Waals surface area contributed by atoms with Crippen molar-refractivity contribution in [2.75, 3.05) is 13.7 Å². The van der Waals surface area contributed by atoms with Crippen LogP contribution in [0.4, 0.5) is 4.79 Å². The zero-order chi connectivity index (χ0) is 15.7. The SMILES string of the molecule is CC1CCC2(CC1)NC(=O)N(C[NH+](C)Cc1ccsc1)C2=O. The van der Waals surface area contributed by atoms with E-state index in [0.717, 1.165) is 37.1 Å². The summed E-state index contributed by atoms with van der Waals surface area (Å²) in [6.45, 7) is 3.47. The summed E-state index contributed by atoms with van der Waals surface area (Å²) in [5.41, 5.74) is 0.627. The molecule has 1 saturated heterocycles. The maximum atomic E-state index is 12.8. The third-order valence-corrected chi connectivity index (χ3v) is 5.62. The molecule has 1 saturated carbocycles. The number of amides is 3. The molecule has 1 aliphatic heterocycles. The maximum Gasteiger partial charge on any atom is 0.329 e. The molecule has 2 heterocycles. The molecule has 0 aromatic carbocycles. The molecule has 1 aromatic rings. The van der Waals surface area contributed by atoms with Crippen molar-refractivity contribution in [1.82, 2.24) is 10.2 Å². The normalized spacial score (nSPS) is 29.9. The summed E-state index contributed by atoms with van der Waals surface area (Å²) in [5, 5.41) is 7.14. The second-order valence-electron chi connectivity index (χ2n) is 6.85. The molecule has 0 bridgehead atoms. The molecule has 120 valence electrons. The van der Waals surface area contributed by atoms with Gasteiger partial charge in [0.25, 0.3) is 5.91 Å². The van der Waals surface area contributed by atoms with Gasteiger partial charge in [-0.05, 0) is 48.4 Å². The van der Waals surface area contributed by atoms with Gasteiger partial charge in [-0.2, -0.15) is 11.3 Å². The van der Waals surface area contributed by atoms with E-state index in [1.807, 2.05) is 7.05 Å². The molecule has 1 aliphatic carbocycles. The molecular formula is C16H24N3O2S+. The molecule has 1 spiro atoms. The predicted molar refractivity (Wildman–Crippen MR) is 85.5 cm³/mol. The Hall–Kier alpha value is -1.40. The number of hydrogen-bond donors (Lipinski definition) is 2. The third kappa shape index (κ3) is 2.90. The first-order chi connectivity index (χ1) is 10.5. The fourth-order valence-corrected chi connectivity index (χ4v) is 4.15. The Bertz CT molecular complexity index is 550. The van der Waals surface area contributed by atoms with Gasteiger partial charge in [0.05, 0.1) is 7.05 Å². The number of carbonyl (C=O) groups excluding carboxylic acids is 2. The average Bonchev–Trinajstić information content (AvgIpc) is 3.06. The molecule has 1 atom stereocenters. The number of nitrogens with one attached hydrogen (secondary N) is 2. The molecule has 22 heavy (non-hydrogen) atoms. The lowest BCUT2D eigenvalue weighted by Gasteiger charge is -2.33. The minimum atomic E-state index is -0.619. The Labute approximate surface area is 135 Å². The fourth-order valence-electron chi connectivity index (χ4n) is 3.48. The zero-order valence-electron chi connectivity index (χ0n) is 13.2. The molecule has 2 fully saturated rings. The molecule has 0 radical (unpaired) electrons. The summed E-state index contributed by atoms with van der Waals surface area (Å²) in [5.74, 6) is 0.630. The van der Waals surface area contributed by atoms with Crippen molar-refractivity contribution in [3.63, 3.8) is 0 Å². The highest BCUT2D eigenvalue weighted by atomic mass is 32.1. The van der Waals surface area contributed by atoms with Crippen molar-refractivity contribution in [2.24, 2.45) is 5.92 Å². The zero-order valence-corrected chi connectivity index (χ0v) is 14.0. The molecule has 1 aromatic heterocycles. The van der Waals surface area contributed by atoms with Crippen molar-refractivity contribution < 1.29 is 14.5 Å². The topological polar surface area (TPSA) is 53.9 Å². The van der Waals surface area contributed by atoms with Gasteiger partial charge in [-0.1, -0.05) is 6.92 Å². The predicted octanol–water partition coefficient (Wildman–Crippen LogP) is 1.22. The van der Waals surface area contributed by atoms with Crippen LogP contribution < -0.4 is 10.2 Å². The number of urea groups is 1. The van der Waals surface area contributed by atoms with Crippen LogP contribution in [-0.4, -0.2) is 36.1 Å². The van der Waals surface area contributed by atoms with Crippen LogP contribution in [0.2, 0.25) is 0 Å². The lowest BCUT2D eigenvalue weighted by atomic mass is 9.77. The Balaban J connectivity index is 1.64. The number of hydrogen-bond acceptors (Lipinski definition) is 3. The van der Waals surface area contributed by atoms with Crippen LogP contribution in [0.25, 0.3) is 0 Å². The Morgan fingerprint density at radius 2 is 2.14 bits per heavy atom. The van der Waals surface area contributed by atoms with Gasteiger partial charge in [0.15, 0.2) is 6.67 Å². The summed E-state index contributed by atoms with van der Waals surface area (Å²) in [6, 6.07) is 1.87. The van der Waals surface area contributed by atoms with Crippen molar-refractivity contribution in [2.45, 2.75) is 44.7 Å². The quantitative estimate of drug-likeness (QED) is 0.819. The Kier molecular flexibility index (Phi) is 4.23. The number of rotatable bonds is 4. The smallest absolute Gasteiger partial charge is 0.323 e. The molecular weight excluding hydrogens is 298 g/mol. The van der Waals surface area contributed by atoms with Gasteiger partial charge in [0, 0.05) is 5.56 Å². The Morgan fingerprint density at radius 1 is 1.41 bits per heavy atom. The number of thiophene rings is 1. The number of carbonyl (C=O) groups is 2. The molecule has 2 N–H and O–H groups in total. The van der Waals surface area contributed by atoms with E-state index in [0.29, 0.717) is 12.6 Å². The van der Waals surface area contributed by atoms with E-state index in [9.17, 15) is 9.59 Å². The molecule has 5 nitrogen and oxygen atoms in total. The maximum absolute atomic E-state index is 12.8. The van der Waals surface area contributed by atoms with Crippen molar-refractivity contribution in [3.8, 4) is 0 Å². The summed E-state index contributed by atoms with van der Waals surface area (Å²) < 4.78 is 0. The third-order valence-electron chi connectivity index (χ3n) is 4.89. The first kappa shape index (κ1) is 15.5. The molecule has 3 rings (SSSR count). The second-order valence-corrected chi connectivity index (χ2v) is 7.63. The Morgan fingerprint density at radius 3 is 2.77 bits per heavy atom. The lowest BCUT2D eigenvalue weighted by molar-refractivity contribution is -0.901. The van der Waals surface area contributed by atoms with Crippen molar-refractivity contribution in [3.05, 3.63) is 22.4 Å².